The largest absolute Gasteiger partial charge is 0.480 e. The number of benzene rings is 1. The van der Waals surface area contributed by atoms with Gasteiger partial charge >= 0.3 is 12.0 Å². The van der Waals surface area contributed by atoms with Crippen molar-refractivity contribution in [1.82, 2.24) is 5.32 Å². The molecule has 0 heterocycles. The van der Waals surface area contributed by atoms with Crippen molar-refractivity contribution in [2.45, 2.75) is 25.8 Å². The summed E-state index contributed by atoms with van der Waals surface area (Å²) in [4.78, 5) is 33.5. The Morgan fingerprint density at radius 2 is 2.05 bits per heavy atom. The monoisotopic (exact) mass is 357 g/mol. The fraction of sp³-hybridized carbons (Fsp3) is 0.308. The summed E-state index contributed by atoms with van der Waals surface area (Å²) >= 11 is 3.33. The number of halogens is 1. The number of carboxylic acid groups (broad SMARTS) is 1. The Hall–Kier alpha value is -2.09. The Kier molecular flexibility index (Phi) is 6.16. The van der Waals surface area contributed by atoms with Gasteiger partial charge in [0, 0.05) is 10.9 Å². The first kappa shape index (κ1) is 17.0. The number of hydrogen-bond acceptors (Lipinski definition) is 3. The van der Waals surface area contributed by atoms with E-state index in [1.165, 1.54) is 0 Å². The Bertz CT molecular complexity index is 562. The van der Waals surface area contributed by atoms with E-state index in [0.717, 1.165) is 5.56 Å². The number of amides is 3. The molecule has 0 saturated heterocycles. The first-order chi connectivity index (χ1) is 9.81. The number of nitrogens with one attached hydrogen (secondary N) is 2. The van der Waals surface area contributed by atoms with Gasteiger partial charge in [0.05, 0.1) is 5.69 Å². The minimum absolute atomic E-state index is 0.0624. The second-order valence-electron chi connectivity index (χ2n) is 4.43. The van der Waals surface area contributed by atoms with E-state index < -0.39 is 23.9 Å². The quantitative estimate of drug-likeness (QED) is 0.617. The zero-order valence-electron chi connectivity index (χ0n) is 11.4. The van der Waals surface area contributed by atoms with Gasteiger partial charge in [-0.1, -0.05) is 12.1 Å². The third-order valence-electron chi connectivity index (χ3n) is 2.72. The summed E-state index contributed by atoms with van der Waals surface area (Å²) in [5.74, 6) is -1.85. The molecule has 0 radical (unpaired) electrons. The zero-order valence-corrected chi connectivity index (χ0v) is 12.9. The molecule has 7 nitrogen and oxygen atoms in total. The number of carboxylic acids is 1. The lowest BCUT2D eigenvalue weighted by Crippen LogP contribution is -2.43. The van der Waals surface area contributed by atoms with Crippen molar-refractivity contribution in [2.75, 3.05) is 5.32 Å². The maximum Gasteiger partial charge on any atom is 0.326 e. The lowest BCUT2D eigenvalue weighted by atomic mass is 10.1. The van der Waals surface area contributed by atoms with E-state index in [-0.39, 0.29) is 12.8 Å². The van der Waals surface area contributed by atoms with Crippen molar-refractivity contribution in [1.29, 1.82) is 0 Å². The predicted molar refractivity (Wildman–Crippen MR) is 80.9 cm³/mol. The van der Waals surface area contributed by atoms with Crippen LogP contribution in [-0.2, 0) is 9.59 Å². The molecule has 3 amide bonds. The van der Waals surface area contributed by atoms with Gasteiger partial charge < -0.3 is 21.5 Å². The van der Waals surface area contributed by atoms with E-state index in [9.17, 15) is 14.4 Å². The molecule has 0 fully saturated rings. The third-order valence-corrected chi connectivity index (χ3v) is 3.78. The molecule has 0 aliphatic rings. The number of aryl methyl sites for hydroxylation is 1. The molecule has 0 bridgehead atoms. The number of aliphatic carboxylic acids is 1. The first-order valence-corrected chi connectivity index (χ1v) is 6.94. The van der Waals surface area contributed by atoms with Gasteiger partial charge in [-0.15, -0.1) is 0 Å². The van der Waals surface area contributed by atoms with Gasteiger partial charge in [0.1, 0.15) is 6.04 Å². The molecule has 0 aromatic heterocycles. The average Bonchev–Trinajstić information content (AvgIpc) is 2.39. The molecule has 0 aliphatic heterocycles. The summed E-state index contributed by atoms with van der Waals surface area (Å²) in [7, 11) is 0. The average molecular weight is 358 g/mol. The maximum absolute atomic E-state index is 11.8. The molecule has 1 aromatic carbocycles. The van der Waals surface area contributed by atoms with E-state index in [2.05, 4.69) is 26.6 Å². The van der Waals surface area contributed by atoms with Crippen LogP contribution in [0.25, 0.3) is 0 Å². The minimum Gasteiger partial charge on any atom is -0.480 e. The van der Waals surface area contributed by atoms with Crippen LogP contribution in [0.4, 0.5) is 10.5 Å². The summed E-state index contributed by atoms with van der Waals surface area (Å²) in [6.45, 7) is 1.86. The highest BCUT2D eigenvalue weighted by Gasteiger charge is 2.20. The maximum atomic E-state index is 11.8. The van der Waals surface area contributed by atoms with Gasteiger partial charge in [0.2, 0.25) is 5.91 Å². The molecule has 1 rings (SSSR count). The van der Waals surface area contributed by atoms with Gasteiger partial charge in [0.15, 0.2) is 0 Å². The van der Waals surface area contributed by atoms with Crippen LogP contribution >= 0.6 is 15.9 Å². The van der Waals surface area contributed by atoms with Crippen LogP contribution in [0.5, 0.6) is 0 Å². The molecular formula is C13H16BrN3O4. The molecular weight excluding hydrogens is 342 g/mol. The van der Waals surface area contributed by atoms with Gasteiger partial charge in [-0.2, -0.15) is 0 Å². The Labute approximate surface area is 130 Å². The number of primary amides is 1. The van der Waals surface area contributed by atoms with Crippen molar-refractivity contribution >= 4 is 39.5 Å². The molecule has 5 N–H and O–H groups in total. The number of hydrogen-bond donors (Lipinski definition) is 4. The number of rotatable bonds is 6. The van der Waals surface area contributed by atoms with Crippen LogP contribution in [0.15, 0.2) is 22.7 Å². The summed E-state index contributed by atoms with van der Waals surface area (Å²) in [6.07, 6.45) is -0.182. The number of anilines is 1. The van der Waals surface area contributed by atoms with Crippen LogP contribution < -0.4 is 16.4 Å². The first-order valence-electron chi connectivity index (χ1n) is 6.15. The third kappa shape index (κ3) is 5.42. The molecule has 8 heteroatoms. The lowest BCUT2D eigenvalue weighted by molar-refractivity contribution is -0.139. The van der Waals surface area contributed by atoms with Crippen LogP contribution in [-0.4, -0.2) is 29.1 Å². The standard InChI is InChI=1S/C13H16BrN3O4/c1-7-3-2-4-8(11(7)14)16-13(21)17-9(12(19)20)5-6-10(15)18/h2-4,9H,5-6H2,1H3,(H2,15,18)(H,19,20)(H2,16,17,21). The Balaban J connectivity index is 2.67. The SMILES string of the molecule is Cc1cccc(NC(=O)NC(CCC(N)=O)C(=O)O)c1Br. The molecule has 0 aliphatic carbocycles. The van der Waals surface area contributed by atoms with E-state index in [1.807, 2.05) is 13.0 Å². The highest BCUT2D eigenvalue weighted by atomic mass is 79.9. The molecule has 1 aromatic rings. The lowest BCUT2D eigenvalue weighted by Gasteiger charge is -2.15. The van der Waals surface area contributed by atoms with Crippen molar-refractivity contribution < 1.29 is 19.5 Å². The van der Waals surface area contributed by atoms with Gasteiger partial charge in [-0.25, -0.2) is 9.59 Å². The van der Waals surface area contributed by atoms with E-state index in [1.54, 1.807) is 12.1 Å². The number of urea groups is 1. The molecule has 1 unspecified atom stereocenters. The van der Waals surface area contributed by atoms with Crippen molar-refractivity contribution in [3.63, 3.8) is 0 Å². The minimum atomic E-state index is -1.23. The van der Waals surface area contributed by atoms with Crippen LogP contribution in [0, 0.1) is 6.92 Å². The highest BCUT2D eigenvalue weighted by molar-refractivity contribution is 9.10. The normalized spacial score (nSPS) is 11.5. The fourth-order valence-corrected chi connectivity index (χ4v) is 1.97. The summed E-state index contributed by atoms with van der Waals surface area (Å²) in [6, 6.07) is 3.45. The van der Waals surface area contributed by atoms with E-state index >= 15 is 0 Å². The Morgan fingerprint density at radius 1 is 1.38 bits per heavy atom. The van der Waals surface area contributed by atoms with Crippen LogP contribution in [0.3, 0.4) is 0 Å². The summed E-state index contributed by atoms with van der Waals surface area (Å²) in [5, 5.41) is 13.8. The van der Waals surface area contributed by atoms with Crippen LogP contribution in [0.2, 0.25) is 0 Å². The number of nitrogens with two attached hydrogens (primary N) is 1. The smallest absolute Gasteiger partial charge is 0.326 e. The second-order valence-corrected chi connectivity index (χ2v) is 5.22. The zero-order chi connectivity index (χ0) is 16.0. The van der Waals surface area contributed by atoms with E-state index in [0.29, 0.717) is 10.2 Å². The Morgan fingerprint density at radius 3 is 2.62 bits per heavy atom. The van der Waals surface area contributed by atoms with Crippen molar-refractivity contribution in [2.24, 2.45) is 5.73 Å². The van der Waals surface area contributed by atoms with Gasteiger partial charge in [-0.3, -0.25) is 4.79 Å². The fourth-order valence-electron chi connectivity index (χ4n) is 1.60. The molecule has 114 valence electrons. The molecule has 0 spiro atoms. The number of carbonyl (C=O) groups is 3. The number of carbonyl (C=O) groups excluding carboxylic acids is 2. The van der Waals surface area contributed by atoms with Gasteiger partial charge in [0.25, 0.3) is 0 Å². The molecule has 0 saturated carbocycles. The predicted octanol–water partition coefficient (Wildman–Crippen LogP) is 1.60. The van der Waals surface area contributed by atoms with Crippen molar-refractivity contribution in [3.8, 4) is 0 Å². The summed E-state index contributed by atoms with van der Waals surface area (Å²) in [5.41, 5.74) is 6.41. The second kappa shape index (κ2) is 7.63. The topological polar surface area (TPSA) is 122 Å². The highest BCUT2D eigenvalue weighted by Crippen LogP contribution is 2.25. The molecule has 1 atom stereocenters. The van der Waals surface area contributed by atoms with Gasteiger partial charge in [-0.05, 0) is 40.9 Å². The van der Waals surface area contributed by atoms with Crippen molar-refractivity contribution in [3.05, 3.63) is 28.2 Å². The van der Waals surface area contributed by atoms with E-state index in [4.69, 9.17) is 10.8 Å². The summed E-state index contributed by atoms with van der Waals surface area (Å²) < 4.78 is 0.712. The molecule has 21 heavy (non-hydrogen) atoms. The van der Waals surface area contributed by atoms with Crippen LogP contribution in [0.1, 0.15) is 18.4 Å².